The molecule has 0 atom stereocenters. The molecule has 2 N–H and O–H groups in total. The predicted octanol–water partition coefficient (Wildman–Crippen LogP) is 3.90. The fourth-order valence-electron chi connectivity index (χ4n) is 3.43. The summed E-state index contributed by atoms with van der Waals surface area (Å²) in [7, 11) is -3.84. The first-order chi connectivity index (χ1) is 11.9. The Balaban J connectivity index is 1.96. The molecule has 6 heteroatoms. The lowest BCUT2D eigenvalue weighted by Crippen LogP contribution is -2.45. The number of nitrogens with one attached hydrogen (secondary N) is 2. The van der Waals surface area contributed by atoms with E-state index in [1.54, 1.807) is 12.1 Å². The number of hydrogen-bond donors (Lipinski definition) is 2. The Bertz CT molecular complexity index is 690. The summed E-state index contributed by atoms with van der Waals surface area (Å²) in [6.07, 6.45) is 9.44. The second kappa shape index (κ2) is 8.52. The van der Waals surface area contributed by atoms with E-state index < -0.39 is 16.1 Å². The van der Waals surface area contributed by atoms with Crippen LogP contribution in [-0.2, 0) is 10.0 Å². The second-order valence-electron chi connectivity index (χ2n) is 6.99. The lowest BCUT2D eigenvalue weighted by molar-refractivity contribution is 0.168. The van der Waals surface area contributed by atoms with Crippen LogP contribution in [0.5, 0.6) is 0 Å². The van der Waals surface area contributed by atoms with Crippen molar-refractivity contribution in [3.05, 3.63) is 42.5 Å². The molecule has 0 bridgehead atoms. The zero-order chi connectivity index (χ0) is 18.3. The van der Waals surface area contributed by atoms with Gasteiger partial charge in [0.1, 0.15) is 0 Å². The molecule has 5 nitrogen and oxygen atoms in total. The summed E-state index contributed by atoms with van der Waals surface area (Å²) in [5.74, 6) is 0. The third kappa shape index (κ3) is 5.59. The first-order valence-corrected chi connectivity index (χ1v) is 10.3. The molecule has 0 spiro atoms. The minimum absolute atomic E-state index is 0.0530. The third-order valence-corrected chi connectivity index (χ3v) is 6.32. The molecule has 0 saturated heterocycles. The molecule has 1 aromatic rings. The molecule has 1 aliphatic rings. The van der Waals surface area contributed by atoms with Crippen LogP contribution in [0.25, 0.3) is 0 Å². The van der Waals surface area contributed by atoms with E-state index in [4.69, 9.17) is 0 Å². The van der Waals surface area contributed by atoms with Crippen molar-refractivity contribution in [2.24, 2.45) is 5.41 Å². The number of allylic oxidation sites excluding steroid dienone is 1. The Kier molecular flexibility index (Phi) is 6.64. The van der Waals surface area contributed by atoms with Crippen molar-refractivity contribution in [1.82, 2.24) is 10.0 Å². The maximum atomic E-state index is 12.3. The molecule has 0 radical (unpaired) electrons. The smallest absolute Gasteiger partial charge is 0.328 e. The highest BCUT2D eigenvalue weighted by molar-refractivity contribution is 7.90. The van der Waals surface area contributed by atoms with E-state index in [1.807, 2.05) is 13.0 Å². The van der Waals surface area contributed by atoms with Crippen LogP contribution in [-0.4, -0.2) is 21.0 Å². The Morgan fingerprint density at radius 2 is 1.84 bits per heavy atom. The standard InChI is InChI=1S/C19H28N2O3S/c1-3-4-12-19(13-6-5-7-14-19)15-20-18(22)21-25(23,24)17-10-8-16(2)9-11-17/h3,8-11H,1,4-7,12-15H2,2H3,(H2,20,21,22). The van der Waals surface area contributed by atoms with Gasteiger partial charge >= 0.3 is 6.03 Å². The molecule has 0 aliphatic heterocycles. The maximum absolute atomic E-state index is 12.3. The number of sulfonamides is 1. The molecule has 138 valence electrons. The number of aryl methyl sites for hydroxylation is 1. The van der Waals surface area contributed by atoms with Crippen molar-refractivity contribution in [3.8, 4) is 0 Å². The summed E-state index contributed by atoms with van der Waals surface area (Å²) in [5, 5.41) is 2.78. The van der Waals surface area contributed by atoms with Gasteiger partial charge in [-0.25, -0.2) is 17.9 Å². The van der Waals surface area contributed by atoms with Gasteiger partial charge in [0.15, 0.2) is 0 Å². The van der Waals surface area contributed by atoms with Crippen molar-refractivity contribution >= 4 is 16.1 Å². The zero-order valence-corrected chi connectivity index (χ0v) is 15.7. The number of carbonyl (C=O) groups is 1. The largest absolute Gasteiger partial charge is 0.337 e. The lowest BCUT2D eigenvalue weighted by Gasteiger charge is -2.37. The highest BCUT2D eigenvalue weighted by Gasteiger charge is 2.32. The van der Waals surface area contributed by atoms with Crippen LogP contribution in [0, 0.1) is 12.3 Å². The highest BCUT2D eigenvalue weighted by Crippen LogP contribution is 2.39. The van der Waals surface area contributed by atoms with Crippen molar-refractivity contribution < 1.29 is 13.2 Å². The highest BCUT2D eigenvalue weighted by atomic mass is 32.2. The van der Waals surface area contributed by atoms with Gasteiger partial charge in [0.2, 0.25) is 0 Å². The van der Waals surface area contributed by atoms with Gasteiger partial charge in [-0.2, -0.15) is 0 Å². The number of carbonyl (C=O) groups excluding carboxylic acids is 1. The van der Waals surface area contributed by atoms with Gasteiger partial charge in [-0.05, 0) is 50.2 Å². The normalized spacial score (nSPS) is 16.8. The molecule has 1 saturated carbocycles. The van der Waals surface area contributed by atoms with E-state index in [1.165, 1.54) is 18.6 Å². The minimum Gasteiger partial charge on any atom is -0.337 e. The number of hydrogen-bond acceptors (Lipinski definition) is 3. The van der Waals surface area contributed by atoms with Crippen molar-refractivity contribution in [1.29, 1.82) is 0 Å². The molecular formula is C19H28N2O3S. The molecule has 1 aromatic carbocycles. The molecular weight excluding hydrogens is 336 g/mol. The predicted molar refractivity (Wildman–Crippen MR) is 99.8 cm³/mol. The van der Waals surface area contributed by atoms with Gasteiger partial charge in [0.25, 0.3) is 10.0 Å². The summed E-state index contributed by atoms with van der Waals surface area (Å²) in [5.41, 5.74) is 1.02. The summed E-state index contributed by atoms with van der Waals surface area (Å²) in [4.78, 5) is 12.2. The van der Waals surface area contributed by atoms with E-state index in [-0.39, 0.29) is 10.3 Å². The Morgan fingerprint density at radius 3 is 2.44 bits per heavy atom. The van der Waals surface area contributed by atoms with Gasteiger partial charge < -0.3 is 5.32 Å². The zero-order valence-electron chi connectivity index (χ0n) is 14.9. The Labute approximate surface area is 151 Å². The summed E-state index contributed by atoms with van der Waals surface area (Å²) in [6.45, 7) is 6.16. The van der Waals surface area contributed by atoms with Crippen LogP contribution >= 0.6 is 0 Å². The van der Waals surface area contributed by atoms with Gasteiger partial charge in [0, 0.05) is 6.54 Å². The molecule has 2 rings (SSSR count). The van der Waals surface area contributed by atoms with E-state index in [9.17, 15) is 13.2 Å². The fraction of sp³-hybridized carbons (Fsp3) is 0.526. The maximum Gasteiger partial charge on any atom is 0.328 e. The Morgan fingerprint density at radius 1 is 1.20 bits per heavy atom. The number of urea groups is 1. The molecule has 1 fully saturated rings. The average molecular weight is 365 g/mol. The molecule has 25 heavy (non-hydrogen) atoms. The van der Waals surface area contributed by atoms with Gasteiger partial charge in [-0.3, -0.25) is 0 Å². The molecule has 0 heterocycles. The van der Waals surface area contributed by atoms with Gasteiger partial charge in [-0.1, -0.05) is 43.0 Å². The molecule has 0 aromatic heterocycles. The first-order valence-electron chi connectivity index (χ1n) is 8.85. The SMILES string of the molecule is C=CCCC1(CNC(=O)NS(=O)(=O)c2ccc(C)cc2)CCCCC1. The van der Waals surface area contributed by atoms with E-state index >= 15 is 0 Å². The average Bonchev–Trinajstić information content (AvgIpc) is 2.59. The molecule has 0 unspecified atom stereocenters. The van der Waals surface area contributed by atoms with Crippen LogP contribution in [0.3, 0.4) is 0 Å². The monoisotopic (exact) mass is 364 g/mol. The Hall–Kier alpha value is -1.82. The minimum atomic E-state index is -3.84. The topological polar surface area (TPSA) is 75.3 Å². The van der Waals surface area contributed by atoms with Crippen molar-refractivity contribution in [2.75, 3.05) is 6.54 Å². The lowest BCUT2D eigenvalue weighted by atomic mass is 9.71. The summed E-state index contributed by atoms with van der Waals surface area (Å²) >= 11 is 0. The van der Waals surface area contributed by atoms with Crippen LogP contribution in [0.2, 0.25) is 0 Å². The van der Waals surface area contributed by atoms with Crippen LogP contribution in [0.15, 0.2) is 41.8 Å². The van der Waals surface area contributed by atoms with Gasteiger partial charge in [-0.15, -0.1) is 6.58 Å². The summed E-state index contributed by atoms with van der Waals surface area (Å²) in [6, 6.07) is 5.75. The number of rotatable bonds is 7. The number of benzene rings is 1. The third-order valence-electron chi connectivity index (χ3n) is 4.98. The first kappa shape index (κ1) is 19.5. The molecule has 1 aliphatic carbocycles. The van der Waals surface area contributed by atoms with Crippen molar-refractivity contribution in [3.63, 3.8) is 0 Å². The van der Waals surface area contributed by atoms with Crippen LogP contribution < -0.4 is 10.0 Å². The molecule has 2 amide bonds. The quantitative estimate of drug-likeness (QED) is 0.721. The van der Waals surface area contributed by atoms with Gasteiger partial charge in [0.05, 0.1) is 4.90 Å². The fourth-order valence-corrected chi connectivity index (χ4v) is 4.36. The second-order valence-corrected chi connectivity index (χ2v) is 8.67. The van der Waals surface area contributed by atoms with Crippen LogP contribution in [0.1, 0.15) is 50.5 Å². The summed E-state index contributed by atoms with van der Waals surface area (Å²) < 4.78 is 26.7. The van der Waals surface area contributed by atoms with E-state index in [0.29, 0.717) is 6.54 Å². The van der Waals surface area contributed by atoms with Crippen LogP contribution in [0.4, 0.5) is 4.79 Å². The number of amides is 2. The van der Waals surface area contributed by atoms with E-state index in [2.05, 4.69) is 16.6 Å². The van der Waals surface area contributed by atoms with Crippen molar-refractivity contribution in [2.45, 2.75) is 56.8 Å². The van der Waals surface area contributed by atoms with E-state index in [0.717, 1.165) is 44.1 Å².